The first-order valence-corrected chi connectivity index (χ1v) is 8.59. The molecule has 1 amide bonds. The molecule has 7 heteroatoms. The first-order valence-electron chi connectivity index (χ1n) is 7.33. The van der Waals surface area contributed by atoms with E-state index >= 15 is 0 Å². The molecule has 1 aromatic heterocycles. The number of hydrogen-bond acceptors (Lipinski definition) is 4. The van der Waals surface area contributed by atoms with E-state index in [1.807, 2.05) is 42.5 Å². The minimum Gasteiger partial charge on any atom is -0.324 e. The summed E-state index contributed by atoms with van der Waals surface area (Å²) in [5, 5.41) is 10.5. The van der Waals surface area contributed by atoms with Crippen LogP contribution in [0.4, 0.5) is 5.69 Å². The van der Waals surface area contributed by atoms with E-state index in [4.69, 9.17) is 11.6 Å². The van der Waals surface area contributed by atoms with E-state index in [9.17, 15) is 4.79 Å². The monoisotopic (exact) mass is 358 g/mol. The van der Waals surface area contributed by atoms with Crippen molar-refractivity contribution in [1.29, 1.82) is 0 Å². The fourth-order valence-electron chi connectivity index (χ4n) is 2.03. The van der Waals surface area contributed by atoms with Gasteiger partial charge in [0.25, 0.3) is 0 Å². The molecule has 0 saturated carbocycles. The Kier molecular flexibility index (Phi) is 5.17. The van der Waals surface area contributed by atoms with E-state index in [-0.39, 0.29) is 11.2 Å². The summed E-state index contributed by atoms with van der Waals surface area (Å²) in [4.78, 5) is 16.7. The highest BCUT2D eigenvalue weighted by Crippen LogP contribution is 2.25. The van der Waals surface area contributed by atoms with Crippen molar-refractivity contribution in [1.82, 2.24) is 15.2 Å². The summed E-state index contributed by atoms with van der Waals surface area (Å²) in [5.41, 5.74) is 1.54. The fourth-order valence-corrected chi connectivity index (χ4v) is 2.94. The van der Waals surface area contributed by atoms with Crippen LogP contribution in [-0.4, -0.2) is 26.3 Å². The Balaban J connectivity index is 1.65. The summed E-state index contributed by atoms with van der Waals surface area (Å²) in [6, 6.07) is 16.8. The Morgan fingerprint density at radius 2 is 1.88 bits per heavy atom. The van der Waals surface area contributed by atoms with Gasteiger partial charge < -0.3 is 5.32 Å². The third-order valence-corrected chi connectivity index (χ3v) is 4.59. The van der Waals surface area contributed by atoms with Crippen LogP contribution in [0.5, 0.6) is 0 Å². The summed E-state index contributed by atoms with van der Waals surface area (Å²) in [7, 11) is 0. The van der Waals surface area contributed by atoms with Gasteiger partial charge in [0.2, 0.25) is 11.1 Å². The van der Waals surface area contributed by atoms with E-state index in [0.717, 1.165) is 5.56 Å². The lowest BCUT2D eigenvalue weighted by Crippen LogP contribution is -2.22. The molecular formula is C17H15ClN4OS. The van der Waals surface area contributed by atoms with E-state index in [2.05, 4.69) is 20.5 Å². The number of carbonyl (C=O) groups is 1. The molecule has 0 aliphatic heterocycles. The van der Waals surface area contributed by atoms with E-state index in [0.29, 0.717) is 21.7 Å². The topological polar surface area (TPSA) is 70.7 Å². The molecule has 0 bridgehead atoms. The van der Waals surface area contributed by atoms with Gasteiger partial charge in [-0.05, 0) is 19.1 Å². The first-order chi connectivity index (χ1) is 11.6. The Bertz CT molecular complexity index is 837. The number of nitrogens with zero attached hydrogens (tertiary/aromatic N) is 2. The van der Waals surface area contributed by atoms with Gasteiger partial charge in [-0.2, -0.15) is 0 Å². The van der Waals surface area contributed by atoms with Gasteiger partial charge in [0.15, 0.2) is 5.82 Å². The predicted molar refractivity (Wildman–Crippen MR) is 97.2 cm³/mol. The van der Waals surface area contributed by atoms with Gasteiger partial charge in [0.1, 0.15) is 0 Å². The molecule has 0 radical (unpaired) electrons. The average Bonchev–Trinajstić information content (AvgIpc) is 3.06. The Labute approximate surface area is 148 Å². The minimum absolute atomic E-state index is 0.154. The van der Waals surface area contributed by atoms with Crippen LogP contribution in [0.1, 0.15) is 6.92 Å². The summed E-state index contributed by atoms with van der Waals surface area (Å²) in [6.07, 6.45) is 0. The van der Waals surface area contributed by atoms with E-state index in [1.165, 1.54) is 11.8 Å². The van der Waals surface area contributed by atoms with Gasteiger partial charge in [-0.25, -0.2) is 4.98 Å². The Morgan fingerprint density at radius 1 is 1.17 bits per heavy atom. The van der Waals surface area contributed by atoms with Crippen LogP contribution in [0.2, 0.25) is 5.02 Å². The van der Waals surface area contributed by atoms with Crippen LogP contribution >= 0.6 is 23.4 Å². The highest BCUT2D eigenvalue weighted by atomic mass is 35.5. The van der Waals surface area contributed by atoms with Crippen LogP contribution in [0.25, 0.3) is 11.4 Å². The fraction of sp³-hybridized carbons (Fsp3) is 0.118. The molecule has 122 valence electrons. The number of para-hydroxylation sites is 1. The molecule has 0 aliphatic rings. The first kappa shape index (κ1) is 16.5. The molecule has 3 rings (SSSR count). The number of nitrogens with one attached hydrogen (secondary N) is 2. The number of hydrogen-bond donors (Lipinski definition) is 2. The zero-order valence-electron chi connectivity index (χ0n) is 12.9. The van der Waals surface area contributed by atoms with Crippen LogP contribution in [0.3, 0.4) is 0 Å². The maximum atomic E-state index is 12.3. The highest BCUT2D eigenvalue weighted by molar-refractivity contribution is 8.00. The number of halogens is 1. The molecule has 0 fully saturated rings. The third kappa shape index (κ3) is 3.96. The molecule has 2 N–H and O–H groups in total. The van der Waals surface area contributed by atoms with Crippen LogP contribution < -0.4 is 5.32 Å². The molecule has 0 aliphatic carbocycles. The van der Waals surface area contributed by atoms with Crippen molar-refractivity contribution < 1.29 is 4.79 Å². The highest BCUT2D eigenvalue weighted by Gasteiger charge is 2.18. The van der Waals surface area contributed by atoms with Gasteiger partial charge in [-0.15, -0.1) is 5.10 Å². The largest absolute Gasteiger partial charge is 0.324 e. The van der Waals surface area contributed by atoms with E-state index < -0.39 is 0 Å². The molecular weight excluding hydrogens is 344 g/mol. The zero-order valence-corrected chi connectivity index (χ0v) is 14.4. The lowest BCUT2D eigenvalue weighted by atomic mass is 10.2. The maximum Gasteiger partial charge on any atom is 0.237 e. The lowest BCUT2D eigenvalue weighted by molar-refractivity contribution is -0.115. The maximum absolute atomic E-state index is 12.3. The molecule has 0 spiro atoms. The van der Waals surface area contributed by atoms with Crippen molar-refractivity contribution in [2.75, 3.05) is 5.32 Å². The van der Waals surface area contributed by atoms with Gasteiger partial charge >= 0.3 is 0 Å². The SMILES string of the molecule is C[C@@H](Sc1n[nH]c(-c2ccccc2)n1)C(=O)Nc1ccccc1Cl. The van der Waals surface area contributed by atoms with Crippen molar-refractivity contribution in [3.63, 3.8) is 0 Å². The molecule has 0 saturated heterocycles. The third-order valence-electron chi connectivity index (χ3n) is 3.30. The zero-order chi connectivity index (χ0) is 16.9. The number of carbonyl (C=O) groups excluding carboxylic acids is 1. The minimum atomic E-state index is -0.360. The smallest absolute Gasteiger partial charge is 0.237 e. The van der Waals surface area contributed by atoms with Gasteiger partial charge in [-0.3, -0.25) is 9.89 Å². The lowest BCUT2D eigenvalue weighted by Gasteiger charge is -2.11. The number of thioether (sulfide) groups is 1. The number of rotatable bonds is 5. The van der Waals surface area contributed by atoms with E-state index in [1.54, 1.807) is 19.1 Å². The molecule has 3 aromatic rings. The van der Waals surface area contributed by atoms with Crippen molar-refractivity contribution >= 4 is 35.0 Å². The van der Waals surface area contributed by atoms with Crippen LogP contribution in [0.15, 0.2) is 59.8 Å². The number of aromatic amines is 1. The second-order valence-corrected chi connectivity index (χ2v) is 6.78. The quantitative estimate of drug-likeness (QED) is 0.669. The number of H-pyrrole nitrogens is 1. The number of amides is 1. The van der Waals surface area contributed by atoms with Crippen molar-refractivity contribution in [3.8, 4) is 11.4 Å². The second-order valence-electron chi connectivity index (χ2n) is 5.06. The number of anilines is 1. The molecule has 24 heavy (non-hydrogen) atoms. The normalized spacial score (nSPS) is 11.9. The number of benzene rings is 2. The molecule has 0 unspecified atom stereocenters. The van der Waals surface area contributed by atoms with Crippen molar-refractivity contribution in [3.05, 3.63) is 59.6 Å². The van der Waals surface area contributed by atoms with Crippen LogP contribution in [0, 0.1) is 0 Å². The van der Waals surface area contributed by atoms with Crippen LogP contribution in [-0.2, 0) is 4.79 Å². The Morgan fingerprint density at radius 3 is 2.62 bits per heavy atom. The number of aromatic nitrogens is 3. The average molecular weight is 359 g/mol. The van der Waals surface area contributed by atoms with Gasteiger partial charge in [0.05, 0.1) is 16.0 Å². The van der Waals surface area contributed by atoms with Gasteiger partial charge in [0, 0.05) is 5.56 Å². The van der Waals surface area contributed by atoms with Gasteiger partial charge in [-0.1, -0.05) is 65.8 Å². The molecule has 2 aromatic carbocycles. The summed E-state index contributed by atoms with van der Waals surface area (Å²) >= 11 is 7.34. The molecule has 5 nitrogen and oxygen atoms in total. The predicted octanol–water partition coefficient (Wildman–Crippen LogP) is 4.24. The second kappa shape index (κ2) is 7.51. The summed E-state index contributed by atoms with van der Waals surface area (Å²) < 4.78 is 0. The summed E-state index contributed by atoms with van der Waals surface area (Å²) in [6.45, 7) is 1.80. The van der Waals surface area contributed by atoms with Crippen molar-refractivity contribution in [2.45, 2.75) is 17.3 Å². The van der Waals surface area contributed by atoms with Crippen molar-refractivity contribution in [2.24, 2.45) is 0 Å². The Hall–Kier alpha value is -2.31. The molecule has 1 heterocycles. The molecule has 1 atom stereocenters. The standard InChI is InChI=1S/C17H15ClN4OS/c1-11(16(23)19-14-10-6-5-9-13(14)18)24-17-20-15(21-22-17)12-7-3-2-4-8-12/h2-11H,1H3,(H,19,23)(H,20,21,22)/t11-/m1/s1. The summed E-state index contributed by atoms with van der Waals surface area (Å²) in [5.74, 6) is 0.524.